The van der Waals surface area contributed by atoms with Crippen molar-refractivity contribution in [3.05, 3.63) is 83.1 Å². The van der Waals surface area contributed by atoms with Gasteiger partial charge in [-0.2, -0.15) is 4.39 Å². The Morgan fingerprint density at radius 3 is 2.27 bits per heavy atom. The number of methoxy groups -OCH3 is 1. The quantitative estimate of drug-likeness (QED) is 0.422. The molecule has 158 valence electrons. The molecule has 0 radical (unpaired) electrons. The van der Waals surface area contributed by atoms with E-state index in [0.717, 1.165) is 11.6 Å². The van der Waals surface area contributed by atoms with Gasteiger partial charge < -0.3 is 4.74 Å². The van der Waals surface area contributed by atoms with Crippen LogP contribution in [0, 0.1) is 30.3 Å². The SMILES string of the molecule is COc1cc(C)ccc1CN(c1cccc(F)n1)S(=O)(=O)c1c(F)cc(F)cc1F. The minimum Gasteiger partial charge on any atom is -0.496 e. The van der Waals surface area contributed by atoms with E-state index in [-0.39, 0.29) is 12.1 Å². The average Bonchev–Trinajstić information content (AvgIpc) is 2.65. The number of ether oxygens (including phenoxy) is 1. The first-order valence-electron chi connectivity index (χ1n) is 8.57. The zero-order chi connectivity index (χ0) is 22.1. The number of nitrogens with zero attached hydrogens (tertiary/aromatic N) is 2. The second-order valence-corrected chi connectivity index (χ2v) is 8.14. The third kappa shape index (κ3) is 4.23. The summed E-state index contributed by atoms with van der Waals surface area (Å²) in [7, 11) is -3.58. The van der Waals surface area contributed by atoms with Gasteiger partial charge in [0.2, 0.25) is 5.95 Å². The molecule has 1 aromatic heterocycles. The molecule has 0 unspecified atom stereocenters. The van der Waals surface area contributed by atoms with Crippen molar-refractivity contribution in [3.63, 3.8) is 0 Å². The highest BCUT2D eigenvalue weighted by Crippen LogP contribution is 2.31. The van der Waals surface area contributed by atoms with Crippen LogP contribution in [-0.4, -0.2) is 20.5 Å². The van der Waals surface area contributed by atoms with Crippen LogP contribution in [0.4, 0.5) is 23.4 Å². The van der Waals surface area contributed by atoms with Gasteiger partial charge in [0.05, 0.1) is 13.7 Å². The molecule has 0 fully saturated rings. The maximum absolute atomic E-state index is 14.3. The fourth-order valence-corrected chi connectivity index (χ4v) is 4.34. The fourth-order valence-electron chi connectivity index (χ4n) is 2.85. The lowest BCUT2D eigenvalue weighted by Crippen LogP contribution is -2.33. The molecule has 0 aliphatic carbocycles. The summed E-state index contributed by atoms with van der Waals surface area (Å²) in [5.74, 6) is -5.62. The highest BCUT2D eigenvalue weighted by atomic mass is 32.2. The molecule has 0 saturated carbocycles. The molecule has 0 atom stereocenters. The summed E-state index contributed by atoms with van der Waals surface area (Å²) < 4.78 is 87.8. The number of hydrogen-bond acceptors (Lipinski definition) is 4. The molecule has 0 spiro atoms. The summed E-state index contributed by atoms with van der Waals surface area (Å²) in [6.07, 6.45) is 0. The molecule has 5 nitrogen and oxygen atoms in total. The Morgan fingerprint density at radius 1 is 1.00 bits per heavy atom. The number of sulfonamides is 1. The molecular formula is C20H16F4N2O3S. The van der Waals surface area contributed by atoms with E-state index in [9.17, 15) is 26.0 Å². The van der Waals surface area contributed by atoms with Crippen LogP contribution in [0.5, 0.6) is 5.75 Å². The molecule has 10 heteroatoms. The molecule has 3 rings (SSSR count). The third-order valence-corrected chi connectivity index (χ3v) is 6.03. The van der Waals surface area contributed by atoms with Crippen LogP contribution in [0.3, 0.4) is 0 Å². The van der Waals surface area contributed by atoms with Gasteiger partial charge in [0.15, 0.2) is 4.90 Å². The van der Waals surface area contributed by atoms with Crippen molar-refractivity contribution in [2.75, 3.05) is 11.4 Å². The first kappa shape index (κ1) is 21.6. The Balaban J connectivity index is 2.20. The van der Waals surface area contributed by atoms with Crippen molar-refractivity contribution < 1.29 is 30.7 Å². The summed E-state index contributed by atoms with van der Waals surface area (Å²) in [6.45, 7) is 1.32. The predicted molar refractivity (Wildman–Crippen MR) is 102 cm³/mol. The molecule has 0 saturated heterocycles. The second kappa shape index (κ2) is 8.31. The molecule has 0 aliphatic rings. The number of anilines is 1. The first-order chi connectivity index (χ1) is 14.1. The van der Waals surface area contributed by atoms with E-state index < -0.39 is 50.7 Å². The highest BCUT2D eigenvalue weighted by Gasteiger charge is 2.33. The normalized spacial score (nSPS) is 11.4. The zero-order valence-electron chi connectivity index (χ0n) is 15.9. The van der Waals surface area contributed by atoms with Crippen LogP contribution in [-0.2, 0) is 16.6 Å². The first-order valence-corrected chi connectivity index (χ1v) is 10.0. The summed E-state index contributed by atoms with van der Waals surface area (Å²) in [4.78, 5) is 2.16. The van der Waals surface area contributed by atoms with Crippen molar-refractivity contribution in [2.45, 2.75) is 18.4 Å². The van der Waals surface area contributed by atoms with E-state index in [1.807, 2.05) is 0 Å². The lowest BCUT2D eigenvalue weighted by Gasteiger charge is -2.25. The summed E-state index contributed by atoms with van der Waals surface area (Å²) in [5.41, 5.74) is 1.16. The lowest BCUT2D eigenvalue weighted by atomic mass is 10.1. The van der Waals surface area contributed by atoms with E-state index in [0.29, 0.717) is 15.6 Å². The topological polar surface area (TPSA) is 59.5 Å². The van der Waals surface area contributed by atoms with Crippen molar-refractivity contribution in [1.82, 2.24) is 4.98 Å². The smallest absolute Gasteiger partial charge is 0.271 e. The van der Waals surface area contributed by atoms with Crippen LogP contribution in [0.25, 0.3) is 0 Å². The number of rotatable bonds is 6. The van der Waals surface area contributed by atoms with Crippen molar-refractivity contribution in [1.29, 1.82) is 0 Å². The molecule has 0 amide bonds. The number of aromatic nitrogens is 1. The summed E-state index contributed by atoms with van der Waals surface area (Å²) >= 11 is 0. The van der Waals surface area contributed by atoms with E-state index in [4.69, 9.17) is 4.74 Å². The van der Waals surface area contributed by atoms with Crippen LogP contribution < -0.4 is 9.04 Å². The van der Waals surface area contributed by atoms with Crippen molar-refractivity contribution >= 4 is 15.8 Å². The monoisotopic (exact) mass is 440 g/mol. The van der Waals surface area contributed by atoms with Gasteiger partial charge >= 0.3 is 0 Å². The molecule has 3 aromatic rings. The molecular weight excluding hydrogens is 424 g/mol. The number of hydrogen-bond donors (Lipinski definition) is 0. The average molecular weight is 440 g/mol. The Morgan fingerprint density at radius 2 is 1.67 bits per heavy atom. The van der Waals surface area contributed by atoms with Gasteiger partial charge in [-0.25, -0.2) is 30.9 Å². The van der Waals surface area contributed by atoms with E-state index in [1.165, 1.54) is 19.2 Å². The third-order valence-electron chi connectivity index (χ3n) is 4.22. The number of pyridine rings is 1. The highest BCUT2D eigenvalue weighted by molar-refractivity contribution is 7.92. The van der Waals surface area contributed by atoms with E-state index in [2.05, 4.69) is 4.98 Å². The molecule has 0 bridgehead atoms. The Hall–Kier alpha value is -3.14. The number of benzene rings is 2. The lowest BCUT2D eigenvalue weighted by molar-refractivity contribution is 0.409. The van der Waals surface area contributed by atoms with Gasteiger partial charge in [-0.05, 0) is 30.7 Å². The summed E-state index contributed by atoms with van der Waals surface area (Å²) in [6, 6.07) is 8.73. The van der Waals surface area contributed by atoms with Crippen molar-refractivity contribution in [2.24, 2.45) is 0 Å². The Labute approximate surface area is 170 Å². The maximum Gasteiger partial charge on any atom is 0.271 e. The Kier molecular flexibility index (Phi) is 5.97. The van der Waals surface area contributed by atoms with Crippen LogP contribution in [0.15, 0.2) is 53.4 Å². The van der Waals surface area contributed by atoms with Gasteiger partial charge in [0.25, 0.3) is 10.0 Å². The molecule has 0 aliphatic heterocycles. The number of aryl methyl sites for hydroxylation is 1. The van der Waals surface area contributed by atoms with E-state index >= 15 is 0 Å². The molecule has 1 heterocycles. The second-order valence-electron chi connectivity index (χ2n) is 6.34. The van der Waals surface area contributed by atoms with Crippen LogP contribution >= 0.6 is 0 Å². The van der Waals surface area contributed by atoms with Gasteiger partial charge in [0.1, 0.15) is 29.0 Å². The van der Waals surface area contributed by atoms with Crippen LogP contribution in [0.2, 0.25) is 0 Å². The summed E-state index contributed by atoms with van der Waals surface area (Å²) in [5, 5.41) is 0. The standard InChI is InChI=1S/C20H16F4N2O3S/c1-12-6-7-13(17(8-12)29-2)11-26(19-5-3-4-18(24)25-19)30(27,28)20-15(22)9-14(21)10-16(20)23/h3-10H,11H2,1-2H3. The molecule has 2 aromatic carbocycles. The minimum atomic E-state index is -4.95. The van der Waals surface area contributed by atoms with Gasteiger partial charge in [-0.1, -0.05) is 18.2 Å². The molecule has 0 N–H and O–H groups in total. The van der Waals surface area contributed by atoms with Gasteiger partial charge in [-0.3, -0.25) is 0 Å². The predicted octanol–water partition coefficient (Wildman–Crippen LogP) is 4.35. The van der Waals surface area contributed by atoms with Gasteiger partial charge in [-0.15, -0.1) is 0 Å². The van der Waals surface area contributed by atoms with Crippen molar-refractivity contribution in [3.8, 4) is 5.75 Å². The zero-order valence-corrected chi connectivity index (χ0v) is 16.7. The minimum absolute atomic E-state index is 0.250. The largest absolute Gasteiger partial charge is 0.496 e. The van der Waals surface area contributed by atoms with E-state index in [1.54, 1.807) is 25.1 Å². The van der Waals surface area contributed by atoms with Gasteiger partial charge in [0, 0.05) is 17.7 Å². The maximum atomic E-state index is 14.3. The fraction of sp³-hybridized carbons (Fsp3) is 0.150. The number of halogens is 4. The Bertz CT molecular complexity index is 1180. The van der Waals surface area contributed by atoms with Crippen LogP contribution in [0.1, 0.15) is 11.1 Å². The molecule has 30 heavy (non-hydrogen) atoms.